The Morgan fingerprint density at radius 1 is 1.07 bits per heavy atom. The molecule has 166 valence electrons. The number of benzene rings is 1. The van der Waals surface area contributed by atoms with Crippen LogP contribution in [0.5, 0.6) is 0 Å². The third-order valence-electron chi connectivity index (χ3n) is 6.05. The molecule has 7 nitrogen and oxygen atoms in total. The van der Waals surface area contributed by atoms with Crippen molar-refractivity contribution in [3.8, 4) is 0 Å². The average Bonchev–Trinajstić information content (AvgIpc) is 2.71. The predicted molar refractivity (Wildman–Crippen MR) is 118 cm³/mol. The van der Waals surface area contributed by atoms with Gasteiger partial charge >= 0.3 is 0 Å². The second-order valence-corrected chi connectivity index (χ2v) is 8.80. The topological polar surface area (TPSA) is 119 Å². The third kappa shape index (κ3) is 5.74. The number of hydrogen-bond acceptors (Lipinski definition) is 4. The smallest absolute Gasteiger partial charge is 0.243 e. The van der Waals surface area contributed by atoms with E-state index in [9.17, 15) is 14.4 Å². The summed E-state index contributed by atoms with van der Waals surface area (Å²) in [4.78, 5) is 39.5. The zero-order valence-corrected chi connectivity index (χ0v) is 18.4. The predicted octanol–water partition coefficient (Wildman–Crippen LogP) is 2.51. The molecule has 0 aliphatic carbocycles. The average molecular weight is 417 g/mol. The lowest BCUT2D eigenvalue weighted by Gasteiger charge is -2.42. The highest BCUT2D eigenvalue weighted by molar-refractivity contribution is 5.90. The molecule has 2 atom stereocenters. The SMILES string of the molecule is CCC[C@H](C(N)=O)[C@@H](CC(C)C)C(=O)N1CCC(Nc2ccccc2)(C(N)=O)CC1. The van der Waals surface area contributed by atoms with Crippen molar-refractivity contribution in [3.05, 3.63) is 30.3 Å². The Hall–Kier alpha value is -2.57. The van der Waals surface area contributed by atoms with E-state index in [1.54, 1.807) is 4.90 Å². The van der Waals surface area contributed by atoms with Crippen LogP contribution in [0.2, 0.25) is 0 Å². The summed E-state index contributed by atoms with van der Waals surface area (Å²) in [5.74, 6) is -1.49. The fourth-order valence-electron chi connectivity index (χ4n) is 4.37. The van der Waals surface area contributed by atoms with Crippen molar-refractivity contribution in [3.63, 3.8) is 0 Å². The van der Waals surface area contributed by atoms with Crippen LogP contribution < -0.4 is 16.8 Å². The molecule has 30 heavy (non-hydrogen) atoms. The van der Waals surface area contributed by atoms with Gasteiger partial charge in [-0.25, -0.2) is 0 Å². The number of carbonyl (C=O) groups excluding carboxylic acids is 3. The number of hydrogen-bond donors (Lipinski definition) is 3. The van der Waals surface area contributed by atoms with Gasteiger partial charge in [0.15, 0.2) is 0 Å². The van der Waals surface area contributed by atoms with E-state index < -0.39 is 29.2 Å². The van der Waals surface area contributed by atoms with E-state index in [1.165, 1.54) is 0 Å². The summed E-state index contributed by atoms with van der Waals surface area (Å²) < 4.78 is 0. The van der Waals surface area contributed by atoms with Crippen LogP contribution in [-0.2, 0) is 14.4 Å². The first-order chi connectivity index (χ1) is 14.2. The molecule has 1 heterocycles. The van der Waals surface area contributed by atoms with Crippen LogP contribution in [0.4, 0.5) is 5.69 Å². The van der Waals surface area contributed by atoms with Crippen molar-refractivity contribution < 1.29 is 14.4 Å². The van der Waals surface area contributed by atoms with Gasteiger partial charge in [0.1, 0.15) is 5.54 Å². The summed E-state index contributed by atoms with van der Waals surface area (Å²) in [6.07, 6.45) is 2.86. The number of primary amides is 2. The Morgan fingerprint density at radius 3 is 2.13 bits per heavy atom. The molecule has 0 radical (unpaired) electrons. The number of carbonyl (C=O) groups is 3. The lowest BCUT2D eigenvalue weighted by atomic mass is 9.80. The quantitative estimate of drug-likeness (QED) is 0.543. The molecule has 0 unspecified atom stereocenters. The largest absolute Gasteiger partial charge is 0.371 e. The van der Waals surface area contributed by atoms with Crippen LogP contribution in [0.15, 0.2) is 30.3 Å². The molecule has 2 rings (SSSR count). The molecule has 1 aromatic rings. The first-order valence-electron chi connectivity index (χ1n) is 10.9. The summed E-state index contributed by atoms with van der Waals surface area (Å²) >= 11 is 0. The number of piperidine rings is 1. The molecule has 1 aromatic carbocycles. The van der Waals surface area contributed by atoms with E-state index in [1.807, 2.05) is 51.1 Å². The van der Waals surface area contributed by atoms with Gasteiger partial charge in [0, 0.05) is 30.6 Å². The Morgan fingerprint density at radius 2 is 1.67 bits per heavy atom. The van der Waals surface area contributed by atoms with Crippen molar-refractivity contribution in [1.82, 2.24) is 4.90 Å². The van der Waals surface area contributed by atoms with E-state index in [2.05, 4.69) is 5.32 Å². The van der Waals surface area contributed by atoms with Gasteiger partial charge < -0.3 is 21.7 Å². The molecule has 5 N–H and O–H groups in total. The van der Waals surface area contributed by atoms with Gasteiger partial charge in [-0.05, 0) is 43.7 Å². The van der Waals surface area contributed by atoms with Gasteiger partial charge in [0.2, 0.25) is 17.7 Å². The summed E-state index contributed by atoms with van der Waals surface area (Å²) in [5, 5.41) is 3.29. The molecule has 1 saturated heterocycles. The summed E-state index contributed by atoms with van der Waals surface area (Å²) in [7, 11) is 0. The van der Waals surface area contributed by atoms with E-state index in [0.717, 1.165) is 12.1 Å². The zero-order valence-electron chi connectivity index (χ0n) is 18.4. The molecule has 1 fully saturated rings. The van der Waals surface area contributed by atoms with Crippen molar-refractivity contribution in [1.29, 1.82) is 0 Å². The second-order valence-electron chi connectivity index (χ2n) is 8.80. The van der Waals surface area contributed by atoms with Gasteiger partial charge in [-0.15, -0.1) is 0 Å². The highest BCUT2D eigenvalue weighted by atomic mass is 16.2. The highest BCUT2D eigenvalue weighted by Gasteiger charge is 2.43. The number of nitrogens with zero attached hydrogens (tertiary/aromatic N) is 1. The maximum atomic E-state index is 13.4. The van der Waals surface area contributed by atoms with Crippen LogP contribution in [0.3, 0.4) is 0 Å². The van der Waals surface area contributed by atoms with Crippen molar-refractivity contribution in [2.24, 2.45) is 29.2 Å². The van der Waals surface area contributed by atoms with Gasteiger partial charge in [0.25, 0.3) is 0 Å². The number of rotatable bonds is 10. The monoisotopic (exact) mass is 416 g/mol. The molecule has 0 bridgehead atoms. The van der Waals surface area contributed by atoms with Crippen LogP contribution in [-0.4, -0.2) is 41.2 Å². The molecular weight excluding hydrogens is 380 g/mol. The number of likely N-dealkylation sites (tertiary alicyclic amines) is 1. The molecule has 1 aliphatic heterocycles. The lowest BCUT2D eigenvalue weighted by Crippen LogP contribution is -2.58. The number of nitrogens with two attached hydrogens (primary N) is 2. The van der Waals surface area contributed by atoms with Crippen LogP contribution in [0.1, 0.15) is 52.9 Å². The maximum absolute atomic E-state index is 13.4. The van der Waals surface area contributed by atoms with Crippen molar-refractivity contribution in [2.45, 2.75) is 58.4 Å². The maximum Gasteiger partial charge on any atom is 0.243 e. The minimum atomic E-state index is -0.891. The summed E-state index contributed by atoms with van der Waals surface area (Å²) in [6.45, 7) is 6.90. The second kappa shape index (κ2) is 10.5. The molecule has 1 aliphatic rings. The first-order valence-corrected chi connectivity index (χ1v) is 10.9. The van der Waals surface area contributed by atoms with Gasteiger partial charge in [-0.2, -0.15) is 0 Å². The van der Waals surface area contributed by atoms with Crippen LogP contribution in [0.25, 0.3) is 0 Å². The highest BCUT2D eigenvalue weighted by Crippen LogP contribution is 2.31. The summed E-state index contributed by atoms with van der Waals surface area (Å²) in [5.41, 5.74) is 11.3. The van der Waals surface area contributed by atoms with Gasteiger partial charge in [-0.1, -0.05) is 45.4 Å². The first kappa shape index (κ1) is 23.7. The normalized spacial score (nSPS) is 17.9. The van der Waals surface area contributed by atoms with Crippen molar-refractivity contribution in [2.75, 3.05) is 18.4 Å². The Bertz CT molecular complexity index is 727. The molecule has 3 amide bonds. The van der Waals surface area contributed by atoms with Crippen LogP contribution in [0, 0.1) is 17.8 Å². The molecule has 0 spiro atoms. The Balaban J connectivity index is 2.15. The fraction of sp³-hybridized carbons (Fsp3) is 0.609. The molecule has 0 saturated carbocycles. The minimum absolute atomic E-state index is 0.0428. The number of para-hydroxylation sites is 1. The van der Waals surface area contributed by atoms with Crippen molar-refractivity contribution >= 4 is 23.4 Å². The zero-order chi connectivity index (χ0) is 22.3. The van der Waals surface area contributed by atoms with E-state index in [4.69, 9.17) is 11.5 Å². The molecule has 0 aromatic heterocycles. The van der Waals surface area contributed by atoms with E-state index in [0.29, 0.717) is 38.8 Å². The van der Waals surface area contributed by atoms with Gasteiger partial charge in [-0.3, -0.25) is 14.4 Å². The minimum Gasteiger partial charge on any atom is -0.371 e. The standard InChI is InChI=1S/C23H36N4O3/c1-4-8-18(20(24)28)19(15-16(2)3)21(29)27-13-11-23(12-14-27,22(25)30)26-17-9-6-5-7-10-17/h5-7,9-10,16,18-19,26H,4,8,11-15H2,1-3H3,(H2,24,28)(H2,25,30)/t18-,19+/m0/s1. The summed E-state index contributed by atoms with van der Waals surface area (Å²) in [6, 6.07) is 9.48. The Labute approximate surface area is 179 Å². The van der Waals surface area contributed by atoms with E-state index >= 15 is 0 Å². The molecule has 7 heteroatoms. The van der Waals surface area contributed by atoms with Crippen LogP contribution >= 0.6 is 0 Å². The van der Waals surface area contributed by atoms with E-state index in [-0.39, 0.29) is 11.8 Å². The number of amides is 3. The third-order valence-corrected chi connectivity index (χ3v) is 6.05. The number of anilines is 1. The lowest BCUT2D eigenvalue weighted by molar-refractivity contribution is -0.144. The Kier molecular flexibility index (Phi) is 8.26. The fourth-order valence-corrected chi connectivity index (χ4v) is 4.37. The van der Waals surface area contributed by atoms with Gasteiger partial charge in [0.05, 0.1) is 0 Å². The number of nitrogens with one attached hydrogen (secondary N) is 1. The molecular formula is C23H36N4O3.